The first-order chi connectivity index (χ1) is 6.93. The molecule has 0 aromatic rings. The second-order valence-electron chi connectivity index (χ2n) is 4.53. The van der Waals surface area contributed by atoms with E-state index in [2.05, 4.69) is 6.58 Å². The third-order valence-corrected chi connectivity index (χ3v) is 2.92. The highest BCUT2D eigenvalue weighted by molar-refractivity contribution is 5.37. The zero-order valence-electron chi connectivity index (χ0n) is 8.84. The molecule has 3 atom stereocenters. The molecule has 1 nitrogen and oxygen atoms in total. The van der Waals surface area contributed by atoms with Gasteiger partial charge in [0.15, 0.2) is 6.17 Å². The molecule has 0 amide bonds. The summed E-state index contributed by atoms with van der Waals surface area (Å²) in [7, 11) is 0. The van der Waals surface area contributed by atoms with Crippen LogP contribution in [-0.2, 0) is 4.74 Å². The van der Waals surface area contributed by atoms with Gasteiger partial charge >= 0.3 is 0 Å². The van der Waals surface area contributed by atoms with Crippen LogP contribution in [-0.4, -0.2) is 17.9 Å². The number of hydrogen-bond acceptors (Lipinski definition) is 1. The Bertz CT molecular complexity index is 355. The molecule has 82 valence electrons. The summed E-state index contributed by atoms with van der Waals surface area (Å²) in [6.45, 7) is 6.83. The maximum Gasteiger partial charge on any atom is 0.171 e. The van der Waals surface area contributed by atoms with Gasteiger partial charge in [0.25, 0.3) is 0 Å². The molecule has 15 heavy (non-hydrogen) atoms. The summed E-state index contributed by atoms with van der Waals surface area (Å²) in [5.74, 6) is -0.174. The topological polar surface area (TPSA) is 9.23 Å². The van der Waals surface area contributed by atoms with E-state index in [1.807, 2.05) is 0 Å². The van der Waals surface area contributed by atoms with Gasteiger partial charge in [0.2, 0.25) is 0 Å². The third kappa shape index (κ3) is 1.50. The van der Waals surface area contributed by atoms with Gasteiger partial charge in [-0.15, -0.1) is 0 Å². The van der Waals surface area contributed by atoms with E-state index in [0.29, 0.717) is 11.3 Å². The minimum absolute atomic E-state index is 0.480. The van der Waals surface area contributed by atoms with Crippen molar-refractivity contribution in [3.63, 3.8) is 0 Å². The number of allylic oxidation sites excluding steroid dienone is 4. The normalized spacial score (nSPS) is 38.0. The third-order valence-electron chi connectivity index (χ3n) is 2.92. The van der Waals surface area contributed by atoms with Crippen LogP contribution < -0.4 is 0 Å². The fraction of sp³-hybridized carbons (Fsp3) is 0.500. The molecular formula is C12H14F2O. The first kappa shape index (κ1) is 10.4. The number of ether oxygens (including phenoxy) is 1. The van der Waals surface area contributed by atoms with Crippen LogP contribution >= 0.6 is 0 Å². The Labute approximate surface area is 88.1 Å². The SMILES string of the molecule is C=C1C=CC=C2OC(C)(C)C(F)C(F)C12. The van der Waals surface area contributed by atoms with Crippen molar-refractivity contribution in [1.82, 2.24) is 0 Å². The average Bonchev–Trinajstić information content (AvgIpc) is 2.13. The molecule has 1 saturated heterocycles. The van der Waals surface area contributed by atoms with Gasteiger partial charge in [-0.05, 0) is 25.5 Å². The van der Waals surface area contributed by atoms with E-state index in [1.54, 1.807) is 32.1 Å². The Morgan fingerprint density at radius 3 is 2.73 bits per heavy atom. The molecule has 3 heteroatoms. The van der Waals surface area contributed by atoms with Crippen molar-refractivity contribution >= 4 is 0 Å². The van der Waals surface area contributed by atoms with Gasteiger partial charge < -0.3 is 4.74 Å². The Morgan fingerprint density at radius 1 is 1.40 bits per heavy atom. The Kier molecular flexibility index (Phi) is 2.21. The summed E-state index contributed by atoms with van der Waals surface area (Å²) in [5.41, 5.74) is -0.536. The maximum atomic E-state index is 13.9. The highest BCUT2D eigenvalue weighted by Crippen LogP contribution is 2.43. The highest BCUT2D eigenvalue weighted by atomic mass is 19.2. The van der Waals surface area contributed by atoms with E-state index in [0.717, 1.165) is 0 Å². The lowest BCUT2D eigenvalue weighted by Gasteiger charge is -2.43. The van der Waals surface area contributed by atoms with Crippen LogP contribution in [0.2, 0.25) is 0 Å². The molecule has 3 unspecified atom stereocenters. The molecule has 0 saturated carbocycles. The second-order valence-corrected chi connectivity index (χ2v) is 4.53. The number of hydrogen-bond donors (Lipinski definition) is 0. The van der Waals surface area contributed by atoms with E-state index in [1.165, 1.54) is 0 Å². The number of fused-ring (bicyclic) bond motifs is 1. The van der Waals surface area contributed by atoms with Crippen molar-refractivity contribution in [2.75, 3.05) is 0 Å². The summed E-state index contributed by atoms with van der Waals surface area (Å²) in [5, 5.41) is 0. The first-order valence-corrected chi connectivity index (χ1v) is 4.97. The minimum atomic E-state index is -1.62. The first-order valence-electron chi connectivity index (χ1n) is 4.97. The molecule has 0 radical (unpaired) electrons. The molecule has 1 aliphatic heterocycles. The quantitative estimate of drug-likeness (QED) is 0.599. The number of alkyl halides is 2. The van der Waals surface area contributed by atoms with Crippen LogP contribution in [0, 0.1) is 5.92 Å². The molecular weight excluding hydrogens is 198 g/mol. The maximum absolute atomic E-state index is 13.9. The molecule has 1 fully saturated rings. The van der Waals surface area contributed by atoms with Gasteiger partial charge in [-0.3, -0.25) is 0 Å². The molecule has 2 rings (SSSR count). The van der Waals surface area contributed by atoms with Gasteiger partial charge in [-0.2, -0.15) is 0 Å². The standard InChI is InChI=1S/C12H14F2O/c1-7-5-4-6-8-9(7)10(13)11(14)12(2,3)15-8/h4-6,9-11H,1H2,2-3H3. The van der Waals surface area contributed by atoms with Gasteiger partial charge in [-0.1, -0.05) is 18.7 Å². The van der Waals surface area contributed by atoms with Gasteiger partial charge in [0.05, 0.1) is 5.92 Å². The van der Waals surface area contributed by atoms with E-state index < -0.39 is 23.9 Å². The van der Waals surface area contributed by atoms with E-state index in [9.17, 15) is 8.78 Å². The van der Waals surface area contributed by atoms with Crippen molar-refractivity contribution in [3.05, 3.63) is 36.1 Å². The summed E-state index contributed by atoms with van der Waals surface area (Å²) >= 11 is 0. The van der Waals surface area contributed by atoms with Crippen LogP contribution in [0.25, 0.3) is 0 Å². The van der Waals surface area contributed by atoms with Gasteiger partial charge in [0, 0.05) is 0 Å². The van der Waals surface area contributed by atoms with Crippen LogP contribution in [0.5, 0.6) is 0 Å². The van der Waals surface area contributed by atoms with Crippen molar-refractivity contribution in [2.24, 2.45) is 5.92 Å². The predicted octanol–water partition coefficient (Wildman–Crippen LogP) is 3.10. The van der Waals surface area contributed by atoms with Crippen LogP contribution in [0.1, 0.15) is 13.8 Å². The van der Waals surface area contributed by atoms with Gasteiger partial charge in [-0.25, -0.2) is 8.78 Å². The lowest BCUT2D eigenvalue weighted by molar-refractivity contribution is -0.114. The fourth-order valence-electron chi connectivity index (χ4n) is 2.03. The summed E-state index contributed by atoms with van der Waals surface area (Å²) in [4.78, 5) is 0. The van der Waals surface area contributed by atoms with Crippen molar-refractivity contribution in [3.8, 4) is 0 Å². The lowest BCUT2D eigenvalue weighted by atomic mass is 9.80. The Morgan fingerprint density at radius 2 is 2.07 bits per heavy atom. The molecule has 0 spiro atoms. The predicted molar refractivity (Wildman–Crippen MR) is 54.8 cm³/mol. The van der Waals surface area contributed by atoms with E-state index >= 15 is 0 Å². The molecule has 0 N–H and O–H groups in total. The molecule has 2 aliphatic rings. The molecule has 0 bridgehead atoms. The molecule has 1 heterocycles. The molecule has 0 aromatic carbocycles. The van der Waals surface area contributed by atoms with Crippen LogP contribution in [0.15, 0.2) is 36.1 Å². The molecule has 1 aliphatic carbocycles. The highest BCUT2D eigenvalue weighted by Gasteiger charge is 2.50. The summed E-state index contributed by atoms with van der Waals surface area (Å²) < 4.78 is 33.0. The minimum Gasteiger partial charge on any atom is -0.488 e. The van der Waals surface area contributed by atoms with Crippen LogP contribution in [0.4, 0.5) is 8.78 Å². The Balaban J connectivity index is 2.38. The lowest BCUT2D eigenvalue weighted by Crippen LogP contribution is -2.51. The summed E-state index contributed by atoms with van der Waals surface area (Å²) in [6, 6.07) is 0. The monoisotopic (exact) mass is 212 g/mol. The van der Waals surface area contributed by atoms with E-state index in [4.69, 9.17) is 4.74 Å². The van der Waals surface area contributed by atoms with Gasteiger partial charge in [0.1, 0.15) is 17.5 Å². The Hall–Kier alpha value is -1.12. The smallest absolute Gasteiger partial charge is 0.171 e. The molecule has 0 aromatic heterocycles. The van der Waals surface area contributed by atoms with E-state index in [-0.39, 0.29) is 0 Å². The summed E-state index contributed by atoms with van der Waals surface area (Å²) in [6.07, 6.45) is 1.92. The van der Waals surface area contributed by atoms with Crippen LogP contribution in [0.3, 0.4) is 0 Å². The number of halogens is 2. The number of rotatable bonds is 0. The average molecular weight is 212 g/mol. The van der Waals surface area contributed by atoms with Crippen molar-refractivity contribution < 1.29 is 13.5 Å². The van der Waals surface area contributed by atoms with Crippen molar-refractivity contribution in [1.29, 1.82) is 0 Å². The zero-order chi connectivity index (χ0) is 11.2. The zero-order valence-corrected chi connectivity index (χ0v) is 8.84. The second kappa shape index (κ2) is 3.19. The fourth-order valence-corrected chi connectivity index (χ4v) is 2.03. The largest absolute Gasteiger partial charge is 0.488 e. The van der Waals surface area contributed by atoms with Crippen molar-refractivity contribution in [2.45, 2.75) is 31.8 Å².